The van der Waals surface area contributed by atoms with Crippen molar-refractivity contribution in [3.05, 3.63) is 29.8 Å². The molecule has 0 spiro atoms. The number of benzene rings is 1. The molecule has 19 heavy (non-hydrogen) atoms. The van der Waals surface area contributed by atoms with Gasteiger partial charge >= 0.3 is 0 Å². The van der Waals surface area contributed by atoms with Crippen molar-refractivity contribution >= 4 is 5.91 Å². The fourth-order valence-electron chi connectivity index (χ4n) is 2.88. The van der Waals surface area contributed by atoms with Crippen LogP contribution in [0.5, 0.6) is 5.75 Å². The van der Waals surface area contributed by atoms with E-state index in [0.29, 0.717) is 6.61 Å². The predicted molar refractivity (Wildman–Crippen MR) is 73.1 cm³/mol. The molecule has 1 heterocycles. The Kier molecular flexibility index (Phi) is 4.10. The molecule has 1 fully saturated rings. The van der Waals surface area contributed by atoms with Gasteiger partial charge in [0.15, 0.2) is 0 Å². The first-order chi connectivity index (χ1) is 9.10. The number of carbonyl (C=O) groups excluding carboxylic acids is 1. The summed E-state index contributed by atoms with van der Waals surface area (Å²) in [5, 5.41) is 9.68. The monoisotopic (exact) mass is 263 g/mol. The topological polar surface area (TPSA) is 49.8 Å². The molecule has 1 aromatic rings. The highest BCUT2D eigenvalue weighted by atomic mass is 16.5. The average molecular weight is 263 g/mol. The van der Waals surface area contributed by atoms with Crippen LogP contribution in [0.4, 0.5) is 0 Å². The lowest BCUT2D eigenvalue weighted by Gasteiger charge is -2.33. The van der Waals surface area contributed by atoms with Crippen molar-refractivity contribution in [1.82, 2.24) is 4.90 Å². The number of nitrogens with zero attached hydrogens (tertiary/aromatic N) is 1. The van der Waals surface area contributed by atoms with Crippen molar-refractivity contribution < 1.29 is 14.6 Å². The van der Waals surface area contributed by atoms with E-state index in [9.17, 15) is 9.90 Å². The Morgan fingerprint density at radius 2 is 2.21 bits per heavy atom. The molecule has 0 aliphatic carbocycles. The second-order valence-electron chi connectivity index (χ2n) is 5.25. The van der Waals surface area contributed by atoms with Gasteiger partial charge in [-0.1, -0.05) is 18.6 Å². The van der Waals surface area contributed by atoms with Crippen LogP contribution in [0.1, 0.15) is 24.8 Å². The van der Waals surface area contributed by atoms with E-state index in [1.54, 1.807) is 30.2 Å². The Morgan fingerprint density at radius 3 is 2.89 bits per heavy atom. The minimum Gasteiger partial charge on any atom is -0.508 e. The standard InChI is InChI=1S/C15H21NO3/c1-16-9-4-3-8-15(11-19-2,14(16)18)12-6-5-7-13(17)10-12/h5-7,10,17H,3-4,8-9,11H2,1-2H3. The summed E-state index contributed by atoms with van der Waals surface area (Å²) in [5.41, 5.74) is 0.173. The van der Waals surface area contributed by atoms with Gasteiger partial charge in [0.05, 0.1) is 12.0 Å². The molecule has 1 saturated heterocycles. The Labute approximate surface area is 114 Å². The Bertz CT molecular complexity index is 460. The molecule has 1 atom stereocenters. The summed E-state index contributed by atoms with van der Waals surface area (Å²) >= 11 is 0. The lowest BCUT2D eigenvalue weighted by molar-refractivity contribution is -0.137. The smallest absolute Gasteiger partial charge is 0.235 e. The van der Waals surface area contributed by atoms with E-state index in [4.69, 9.17) is 4.74 Å². The molecule has 2 rings (SSSR count). The maximum absolute atomic E-state index is 12.7. The summed E-state index contributed by atoms with van der Waals surface area (Å²) in [6.45, 7) is 1.13. The highest BCUT2D eigenvalue weighted by Crippen LogP contribution is 2.36. The van der Waals surface area contributed by atoms with E-state index >= 15 is 0 Å². The molecule has 0 radical (unpaired) electrons. The van der Waals surface area contributed by atoms with Crippen LogP contribution < -0.4 is 0 Å². The molecule has 0 bridgehead atoms. The third-order valence-electron chi connectivity index (χ3n) is 3.89. The number of amides is 1. The van der Waals surface area contributed by atoms with Crippen LogP contribution in [0.2, 0.25) is 0 Å². The Morgan fingerprint density at radius 1 is 1.42 bits per heavy atom. The van der Waals surface area contributed by atoms with Gasteiger partial charge in [-0.25, -0.2) is 0 Å². The van der Waals surface area contributed by atoms with Crippen molar-refractivity contribution in [3.8, 4) is 5.75 Å². The van der Waals surface area contributed by atoms with Crippen molar-refractivity contribution in [2.45, 2.75) is 24.7 Å². The van der Waals surface area contributed by atoms with Gasteiger partial charge < -0.3 is 14.7 Å². The number of phenolic OH excluding ortho intramolecular Hbond substituents is 1. The Balaban J connectivity index is 2.48. The minimum atomic E-state index is -0.668. The average Bonchev–Trinajstić information content (AvgIpc) is 2.53. The molecule has 1 aromatic carbocycles. The van der Waals surface area contributed by atoms with Gasteiger partial charge in [0.1, 0.15) is 5.75 Å². The summed E-state index contributed by atoms with van der Waals surface area (Å²) < 4.78 is 5.32. The molecule has 0 saturated carbocycles. The lowest BCUT2D eigenvalue weighted by atomic mass is 9.76. The number of rotatable bonds is 3. The van der Waals surface area contributed by atoms with Crippen LogP contribution >= 0.6 is 0 Å². The molecule has 1 aliphatic rings. The molecule has 4 heteroatoms. The Hall–Kier alpha value is -1.55. The van der Waals surface area contributed by atoms with E-state index in [0.717, 1.165) is 31.4 Å². The van der Waals surface area contributed by atoms with Gasteiger partial charge in [-0.05, 0) is 30.5 Å². The van der Waals surface area contributed by atoms with Crippen LogP contribution in [0.15, 0.2) is 24.3 Å². The highest BCUT2D eigenvalue weighted by molar-refractivity contribution is 5.88. The second kappa shape index (κ2) is 5.61. The van der Waals surface area contributed by atoms with Crippen LogP contribution in [-0.4, -0.2) is 43.2 Å². The molecule has 4 nitrogen and oxygen atoms in total. The molecule has 104 valence electrons. The molecule has 1 amide bonds. The summed E-state index contributed by atoms with van der Waals surface area (Å²) in [6, 6.07) is 6.97. The summed E-state index contributed by atoms with van der Waals surface area (Å²) in [5.74, 6) is 0.269. The van der Waals surface area contributed by atoms with Gasteiger partial charge in [0, 0.05) is 20.7 Å². The maximum atomic E-state index is 12.7. The first-order valence-corrected chi connectivity index (χ1v) is 6.64. The van der Waals surface area contributed by atoms with Crippen molar-refractivity contribution in [2.24, 2.45) is 0 Å². The highest BCUT2D eigenvalue weighted by Gasteiger charge is 2.43. The number of likely N-dealkylation sites (tertiary alicyclic amines) is 1. The van der Waals surface area contributed by atoms with Crippen LogP contribution in [0.25, 0.3) is 0 Å². The van der Waals surface area contributed by atoms with E-state index < -0.39 is 5.41 Å². The second-order valence-corrected chi connectivity index (χ2v) is 5.25. The molecule has 1 aliphatic heterocycles. The normalized spacial score (nSPS) is 24.3. The molecule has 1 unspecified atom stereocenters. The number of phenols is 1. The summed E-state index contributed by atoms with van der Waals surface area (Å²) in [4.78, 5) is 14.5. The van der Waals surface area contributed by atoms with Gasteiger partial charge in [-0.2, -0.15) is 0 Å². The number of carbonyl (C=O) groups is 1. The first-order valence-electron chi connectivity index (χ1n) is 6.64. The third-order valence-corrected chi connectivity index (χ3v) is 3.89. The largest absolute Gasteiger partial charge is 0.508 e. The summed E-state index contributed by atoms with van der Waals surface area (Å²) in [6.07, 6.45) is 2.75. The number of aromatic hydroxyl groups is 1. The number of ether oxygens (including phenoxy) is 1. The first kappa shape index (κ1) is 13.9. The molecule has 1 N–H and O–H groups in total. The van der Waals surface area contributed by atoms with E-state index in [-0.39, 0.29) is 11.7 Å². The fourth-order valence-corrected chi connectivity index (χ4v) is 2.88. The molecular formula is C15H21NO3. The minimum absolute atomic E-state index is 0.0810. The van der Waals surface area contributed by atoms with Crippen molar-refractivity contribution in [2.75, 3.05) is 27.3 Å². The van der Waals surface area contributed by atoms with Crippen molar-refractivity contribution in [1.29, 1.82) is 0 Å². The zero-order valence-corrected chi connectivity index (χ0v) is 11.6. The van der Waals surface area contributed by atoms with Crippen LogP contribution in [-0.2, 0) is 14.9 Å². The number of methoxy groups -OCH3 is 1. The van der Waals surface area contributed by atoms with Gasteiger partial charge in [-0.15, -0.1) is 0 Å². The SMILES string of the molecule is COCC1(c2cccc(O)c2)CCCCN(C)C1=O. The predicted octanol–water partition coefficient (Wildman–Crippen LogP) is 1.92. The number of hydrogen-bond acceptors (Lipinski definition) is 3. The fraction of sp³-hybridized carbons (Fsp3) is 0.533. The third kappa shape index (κ3) is 2.59. The van der Waals surface area contributed by atoms with E-state index in [2.05, 4.69) is 0 Å². The quantitative estimate of drug-likeness (QED) is 0.906. The van der Waals surface area contributed by atoms with Crippen molar-refractivity contribution in [3.63, 3.8) is 0 Å². The maximum Gasteiger partial charge on any atom is 0.235 e. The zero-order valence-electron chi connectivity index (χ0n) is 11.6. The van der Waals surface area contributed by atoms with E-state index in [1.807, 2.05) is 13.1 Å². The summed E-state index contributed by atoms with van der Waals surface area (Å²) in [7, 11) is 3.45. The van der Waals surface area contributed by atoms with E-state index in [1.165, 1.54) is 0 Å². The lowest BCUT2D eigenvalue weighted by Crippen LogP contribution is -2.47. The number of likely N-dealkylation sites (N-methyl/N-ethyl adjacent to an activating group) is 1. The van der Waals surface area contributed by atoms with Gasteiger partial charge in [0.25, 0.3) is 0 Å². The molecular weight excluding hydrogens is 242 g/mol. The van der Waals surface area contributed by atoms with Crippen LogP contribution in [0.3, 0.4) is 0 Å². The zero-order chi connectivity index (χ0) is 13.9. The molecule has 0 aromatic heterocycles. The van der Waals surface area contributed by atoms with Gasteiger partial charge in [0.2, 0.25) is 5.91 Å². The van der Waals surface area contributed by atoms with Crippen LogP contribution in [0, 0.1) is 0 Å². The van der Waals surface area contributed by atoms with Gasteiger partial charge in [-0.3, -0.25) is 4.79 Å². The number of hydrogen-bond donors (Lipinski definition) is 1.